The molecule has 5 nitrogen and oxygen atoms in total. The Morgan fingerprint density at radius 3 is 3.08 bits per heavy atom. The Morgan fingerprint density at radius 1 is 1.38 bits per heavy atom. The molecule has 1 aliphatic heterocycles. The Morgan fingerprint density at radius 2 is 2.21 bits per heavy atom. The van der Waals surface area contributed by atoms with Crippen molar-refractivity contribution in [3.63, 3.8) is 0 Å². The fraction of sp³-hybridized carbons (Fsp3) is 0.263. The van der Waals surface area contributed by atoms with Crippen LogP contribution in [0.2, 0.25) is 0 Å². The number of aromatic nitrogens is 2. The number of pyridine rings is 1. The van der Waals surface area contributed by atoms with Crippen LogP contribution in [-0.2, 0) is 0 Å². The average molecular weight is 321 g/mol. The summed E-state index contributed by atoms with van der Waals surface area (Å²) < 4.78 is 7.57. The highest BCUT2D eigenvalue weighted by Gasteiger charge is 2.30. The fourth-order valence-corrected chi connectivity index (χ4v) is 3.18. The monoisotopic (exact) mass is 321 g/mol. The molecular formula is C19H19N3O2. The maximum atomic E-state index is 12.6. The molecule has 1 aliphatic rings. The van der Waals surface area contributed by atoms with Gasteiger partial charge in [-0.2, -0.15) is 0 Å². The summed E-state index contributed by atoms with van der Waals surface area (Å²) in [4.78, 5) is 17.0. The van der Waals surface area contributed by atoms with Crippen LogP contribution in [0.5, 0.6) is 5.75 Å². The number of nitrogens with zero attached hydrogens (tertiary/aromatic N) is 2. The van der Waals surface area contributed by atoms with Crippen molar-refractivity contribution in [3.8, 4) is 5.75 Å². The molecule has 0 saturated carbocycles. The highest BCUT2D eigenvalue weighted by molar-refractivity contribution is 5.93. The maximum absolute atomic E-state index is 12.6. The van der Waals surface area contributed by atoms with Crippen LogP contribution in [0.3, 0.4) is 0 Å². The normalized spacial score (nSPS) is 17.3. The van der Waals surface area contributed by atoms with Crippen molar-refractivity contribution in [2.45, 2.75) is 25.8 Å². The number of para-hydroxylation sites is 1. The summed E-state index contributed by atoms with van der Waals surface area (Å²) >= 11 is 0. The number of carbonyl (C=O) groups is 1. The van der Waals surface area contributed by atoms with E-state index < -0.39 is 0 Å². The number of fused-ring (bicyclic) bond motifs is 2. The van der Waals surface area contributed by atoms with Crippen molar-refractivity contribution in [2.24, 2.45) is 0 Å². The van der Waals surface area contributed by atoms with Crippen LogP contribution in [0, 0.1) is 6.92 Å². The number of ether oxygens (including phenoxy) is 1. The topological polar surface area (TPSA) is 55.6 Å². The second-order valence-electron chi connectivity index (χ2n) is 6.31. The third-order valence-corrected chi connectivity index (χ3v) is 4.55. The van der Waals surface area contributed by atoms with Crippen molar-refractivity contribution >= 4 is 11.6 Å². The van der Waals surface area contributed by atoms with E-state index in [-0.39, 0.29) is 17.9 Å². The second-order valence-corrected chi connectivity index (χ2v) is 6.31. The first-order chi connectivity index (χ1) is 11.6. The molecule has 0 aliphatic carbocycles. The molecule has 0 spiro atoms. The third-order valence-electron chi connectivity index (χ3n) is 4.55. The molecule has 3 heterocycles. The van der Waals surface area contributed by atoms with Gasteiger partial charge in [0.1, 0.15) is 17.1 Å². The van der Waals surface area contributed by atoms with Crippen molar-refractivity contribution < 1.29 is 9.53 Å². The molecule has 1 N–H and O–H groups in total. The Kier molecular flexibility index (Phi) is 3.49. The van der Waals surface area contributed by atoms with Gasteiger partial charge in [0.25, 0.3) is 5.91 Å². The number of nitrogens with one attached hydrogen (secondary N) is 1. The molecule has 4 rings (SSSR count). The molecule has 0 radical (unpaired) electrons. The van der Waals surface area contributed by atoms with Gasteiger partial charge < -0.3 is 14.5 Å². The number of imidazole rings is 1. The molecule has 1 amide bonds. The number of hydrogen-bond donors (Lipinski definition) is 1. The molecular weight excluding hydrogens is 302 g/mol. The Bertz CT molecular complexity index is 916. The predicted octanol–water partition coefficient (Wildman–Crippen LogP) is 2.94. The molecule has 122 valence electrons. The minimum absolute atomic E-state index is 0.0345. The van der Waals surface area contributed by atoms with E-state index in [9.17, 15) is 4.79 Å². The lowest BCUT2D eigenvalue weighted by Crippen LogP contribution is -2.37. The molecule has 0 saturated heterocycles. The van der Waals surface area contributed by atoms with E-state index in [1.165, 1.54) is 0 Å². The lowest BCUT2D eigenvalue weighted by atomic mass is 9.94. The minimum atomic E-state index is -0.159. The van der Waals surface area contributed by atoms with Crippen LogP contribution in [0.4, 0.5) is 0 Å². The van der Waals surface area contributed by atoms with Crippen LogP contribution in [0.1, 0.15) is 34.5 Å². The zero-order valence-electron chi connectivity index (χ0n) is 13.7. The maximum Gasteiger partial charge on any atom is 0.271 e. The van der Waals surface area contributed by atoms with Gasteiger partial charge in [0.05, 0.1) is 6.61 Å². The molecule has 1 aromatic carbocycles. The van der Waals surface area contributed by atoms with Crippen LogP contribution in [0.25, 0.3) is 5.65 Å². The lowest BCUT2D eigenvalue weighted by molar-refractivity contribution is 0.0928. The van der Waals surface area contributed by atoms with Crippen LogP contribution < -0.4 is 10.1 Å². The average Bonchev–Trinajstić information content (AvgIpc) is 3.18. The smallest absolute Gasteiger partial charge is 0.271 e. The molecule has 0 fully saturated rings. The number of aryl methyl sites for hydroxylation is 1. The molecule has 5 heteroatoms. The van der Waals surface area contributed by atoms with Crippen LogP contribution >= 0.6 is 0 Å². The van der Waals surface area contributed by atoms with Gasteiger partial charge in [0.2, 0.25) is 0 Å². The summed E-state index contributed by atoms with van der Waals surface area (Å²) in [5.41, 5.74) is 3.48. The lowest BCUT2D eigenvalue weighted by Gasteiger charge is -2.19. The molecule has 24 heavy (non-hydrogen) atoms. The molecule has 2 atom stereocenters. The van der Waals surface area contributed by atoms with E-state index in [1.807, 2.05) is 54.8 Å². The highest BCUT2D eigenvalue weighted by atomic mass is 16.5. The first-order valence-electron chi connectivity index (χ1n) is 8.10. The second kappa shape index (κ2) is 5.67. The largest absolute Gasteiger partial charge is 0.493 e. The number of hydrogen-bond acceptors (Lipinski definition) is 3. The highest BCUT2D eigenvalue weighted by Crippen LogP contribution is 2.35. The first-order valence-corrected chi connectivity index (χ1v) is 8.10. The predicted molar refractivity (Wildman–Crippen MR) is 91.5 cm³/mol. The van der Waals surface area contributed by atoms with Gasteiger partial charge in [-0.3, -0.25) is 4.79 Å². The summed E-state index contributed by atoms with van der Waals surface area (Å²) in [6.45, 7) is 4.60. The zero-order valence-corrected chi connectivity index (χ0v) is 13.7. The first kappa shape index (κ1) is 14.8. The van der Waals surface area contributed by atoms with Crippen LogP contribution in [-0.4, -0.2) is 27.9 Å². The quantitative estimate of drug-likeness (QED) is 0.807. The molecule has 0 bridgehead atoms. The SMILES string of the molecule is Cc1ccn2cc(C(=O)N[C@@H](C)[C@H]3COc4ccccc43)nc2c1. The van der Waals surface area contributed by atoms with E-state index in [2.05, 4.69) is 16.4 Å². The summed E-state index contributed by atoms with van der Waals surface area (Å²) in [5.74, 6) is 0.907. The molecule has 2 aromatic heterocycles. The summed E-state index contributed by atoms with van der Waals surface area (Å²) in [6, 6.07) is 11.9. The number of benzene rings is 1. The van der Waals surface area contributed by atoms with Crippen LogP contribution in [0.15, 0.2) is 48.8 Å². The van der Waals surface area contributed by atoms with E-state index in [0.717, 1.165) is 22.5 Å². The minimum Gasteiger partial charge on any atom is -0.493 e. The van der Waals surface area contributed by atoms with Gasteiger partial charge in [0.15, 0.2) is 0 Å². The number of rotatable bonds is 3. The van der Waals surface area contributed by atoms with Crippen molar-refractivity contribution in [1.29, 1.82) is 0 Å². The summed E-state index contributed by atoms with van der Waals surface area (Å²) in [5, 5.41) is 3.06. The van der Waals surface area contributed by atoms with Crippen molar-refractivity contribution in [1.82, 2.24) is 14.7 Å². The van der Waals surface area contributed by atoms with Crippen molar-refractivity contribution in [2.75, 3.05) is 6.61 Å². The van der Waals surface area contributed by atoms with Gasteiger partial charge in [-0.05, 0) is 37.6 Å². The Labute approximate surface area is 140 Å². The Hall–Kier alpha value is -2.82. The van der Waals surface area contributed by atoms with Gasteiger partial charge >= 0.3 is 0 Å². The van der Waals surface area contributed by atoms with Gasteiger partial charge in [-0.1, -0.05) is 18.2 Å². The van der Waals surface area contributed by atoms with Gasteiger partial charge in [0, 0.05) is 29.9 Å². The molecule has 0 unspecified atom stereocenters. The summed E-state index contributed by atoms with van der Waals surface area (Å²) in [6.07, 6.45) is 3.68. The number of amides is 1. The fourth-order valence-electron chi connectivity index (χ4n) is 3.18. The van der Waals surface area contributed by atoms with E-state index in [1.54, 1.807) is 6.20 Å². The van der Waals surface area contributed by atoms with Gasteiger partial charge in [-0.25, -0.2) is 4.98 Å². The number of carbonyl (C=O) groups excluding carboxylic acids is 1. The standard InChI is InChI=1S/C19H19N3O2/c1-12-7-8-22-10-16(21-18(22)9-12)19(23)20-13(2)15-11-24-17-6-4-3-5-14(15)17/h3-10,13,15H,11H2,1-2H3,(H,20,23)/t13-,15+/m0/s1. The summed E-state index contributed by atoms with van der Waals surface area (Å²) in [7, 11) is 0. The van der Waals surface area contributed by atoms with Crippen molar-refractivity contribution in [3.05, 3.63) is 65.6 Å². The molecule has 3 aromatic rings. The van der Waals surface area contributed by atoms with E-state index in [4.69, 9.17) is 4.74 Å². The third kappa shape index (κ3) is 2.52. The zero-order chi connectivity index (χ0) is 16.7. The Balaban J connectivity index is 1.53. The van der Waals surface area contributed by atoms with Gasteiger partial charge in [-0.15, -0.1) is 0 Å². The van der Waals surface area contributed by atoms with E-state index in [0.29, 0.717) is 12.3 Å². The van der Waals surface area contributed by atoms with E-state index >= 15 is 0 Å².